The second-order valence-corrected chi connectivity index (χ2v) is 7.67. The fraction of sp³-hybridized carbons (Fsp3) is 0.500. The SMILES string of the molecule is Cc1ccc(NC(=O)C2(N)CC2)cc1S(=O)(=O)NC1CC1.Cl. The summed E-state index contributed by atoms with van der Waals surface area (Å²) in [6.45, 7) is 1.73. The first kappa shape index (κ1) is 17.2. The Balaban J connectivity index is 0.00000176. The molecule has 0 aliphatic heterocycles. The summed E-state index contributed by atoms with van der Waals surface area (Å²) >= 11 is 0. The molecule has 2 aliphatic carbocycles. The molecule has 22 heavy (non-hydrogen) atoms. The van der Waals surface area contributed by atoms with Gasteiger partial charge in [-0.15, -0.1) is 12.4 Å². The number of amides is 1. The zero-order valence-corrected chi connectivity index (χ0v) is 13.9. The first-order chi connectivity index (χ1) is 9.80. The van der Waals surface area contributed by atoms with Gasteiger partial charge in [-0.25, -0.2) is 13.1 Å². The van der Waals surface area contributed by atoms with Crippen LogP contribution in [0, 0.1) is 6.92 Å². The van der Waals surface area contributed by atoms with Crippen molar-refractivity contribution in [1.29, 1.82) is 0 Å². The third-order valence-electron chi connectivity index (χ3n) is 3.88. The molecule has 2 saturated carbocycles. The minimum Gasteiger partial charge on any atom is -0.324 e. The number of rotatable bonds is 5. The molecule has 0 heterocycles. The van der Waals surface area contributed by atoms with E-state index in [0.29, 0.717) is 24.1 Å². The molecule has 2 fully saturated rings. The summed E-state index contributed by atoms with van der Waals surface area (Å²) in [5, 5.41) is 2.70. The monoisotopic (exact) mass is 345 g/mol. The van der Waals surface area contributed by atoms with Gasteiger partial charge in [0.05, 0.1) is 10.4 Å². The normalized spacial score (nSPS) is 19.2. The molecule has 6 nitrogen and oxygen atoms in total. The summed E-state index contributed by atoms with van der Waals surface area (Å²) < 4.78 is 27.2. The van der Waals surface area contributed by atoms with Crippen molar-refractivity contribution in [3.8, 4) is 0 Å². The summed E-state index contributed by atoms with van der Waals surface area (Å²) in [5.74, 6) is -0.259. The highest BCUT2D eigenvalue weighted by Gasteiger charge is 2.46. The molecule has 0 aromatic heterocycles. The molecule has 0 unspecified atom stereocenters. The van der Waals surface area contributed by atoms with Crippen molar-refractivity contribution < 1.29 is 13.2 Å². The van der Waals surface area contributed by atoms with E-state index >= 15 is 0 Å². The Morgan fingerprint density at radius 3 is 2.50 bits per heavy atom. The zero-order valence-electron chi connectivity index (χ0n) is 12.3. The van der Waals surface area contributed by atoms with Crippen molar-refractivity contribution in [2.75, 3.05) is 5.32 Å². The Bertz CT molecular complexity index is 697. The number of carbonyl (C=O) groups excluding carboxylic acids is 1. The summed E-state index contributed by atoms with van der Waals surface area (Å²) in [6, 6.07) is 4.91. The number of carbonyl (C=O) groups is 1. The molecule has 122 valence electrons. The van der Waals surface area contributed by atoms with Gasteiger partial charge in [0.1, 0.15) is 0 Å². The number of aryl methyl sites for hydroxylation is 1. The van der Waals surface area contributed by atoms with E-state index in [4.69, 9.17) is 5.73 Å². The molecule has 3 rings (SSSR count). The van der Waals surface area contributed by atoms with Crippen LogP contribution in [0.5, 0.6) is 0 Å². The van der Waals surface area contributed by atoms with Gasteiger partial charge in [-0.2, -0.15) is 0 Å². The lowest BCUT2D eigenvalue weighted by Crippen LogP contribution is -2.37. The van der Waals surface area contributed by atoms with Crippen molar-refractivity contribution in [3.05, 3.63) is 23.8 Å². The predicted molar refractivity (Wildman–Crippen MR) is 86.6 cm³/mol. The van der Waals surface area contributed by atoms with Gasteiger partial charge in [0.15, 0.2) is 0 Å². The number of hydrogen-bond donors (Lipinski definition) is 3. The van der Waals surface area contributed by atoms with Crippen LogP contribution in [0.15, 0.2) is 23.1 Å². The Labute approximate surface area is 136 Å². The van der Waals surface area contributed by atoms with E-state index in [-0.39, 0.29) is 29.3 Å². The van der Waals surface area contributed by atoms with E-state index in [1.54, 1.807) is 19.1 Å². The van der Waals surface area contributed by atoms with E-state index < -0.39 is 15.6 Å². The largest absolute Gasteiger partial charge is 0.324 e. The summed E-state index contributed by atoms with van der Waals surface area (Å²) in [6.07, 6.45) is 3.09. The molecule has 1 aromatic rings. The minimum atomic E-state index is -3.54. The number of sulfonamides is 1. The van der Waals surface area contributed by atoms with Crippen LogP contribution in [-0.4, -0.2) is 25.9 Å². The van der Waals surface area contributed by atoms with E-state index in [9.17, 15) is 13.2 Å². The minimum absolute atomic E-state index is 0. The Kier molecular flexibility index (Phi) is 4.54. The standard InChI is InChI=1S/C14H19N3O3S.ClH/c1-9-2-3-11(16-13(18)14(15)6-7-14)8-12(9)21(19,20)17-10-4-5-10;/h2-3,8,10,17H,4-7,15H2,1H3,(H,16,18);1H. The lowest BCUT2D eigenvalue weighted by Gasteiger charge is -2.13. The maximum atomic E-state index is 12.3. The van der Waals surface area contributed by atoms with E-state index in [2.05, 4.69) is 10.0 Å². The molecule has 0 bridgehead atoms. The molecule has 1 amide bonds. The van der Waals surface area contributed by atoms with Gasteiger partial charge in [-0.3, -0.25) is 4.79 Å². The van der Waals surface area contributed by atoms with Crippen molar-refractivity contribution in [3.63, 3.8) is 0 Å². The summed E-state index contributed by atoms with van der Waals surface area (Å²) in [5.41, 5.74) is 6.15. The average molecular weight is 346 g/mol. The molecule has 0 spiro atoms. The van der Waals surface area contributed by atoms with Crippen molar-refractivity contribution in [2.24, 2.45) is 5.73 Å². The number of halogens is 1. The lowest BCUT2D eigenvalue weighted by molar-refractivity contribution is -0.118. The second-order valence-electron chi connectivity index (χ2n) is 5.99. The van der Waals surface area contributed by atoms with E-state index in [1.165, 1.54) is 6.07 Å². The van der Waals surface area contributed by atoms with E-state index in [0.717, 1.165) is 12.8 Å². The molecule has 2 aliphatic rings. The molecular formula is C14H20ClN3O3S. The van der Waals surface area contributed by atoms with Crippen LogP contribution in [0.4, 0.5) is 5.69 Å². The maximum absolute atomic E-state index is 12.3. The fourth-order valence-corrected chi connectivity index (χ4v) is 3.64. The van der Waals surface area contributed by atoms with Crippen LogP contribution in [-0.2, 0) is 14.8 Å². The molecular weight excluding hydrogens is 326 g/mol. The van der Waals surface area contributed by atoms with Gasteiger partial charge in [-0.1, -0.05) is 6.07 Å². The van der Waals surface area contributed by atoms with Crippen LogP contribution in [0.3, 0.4) is 0 Å². The third kappa shape index (κ3) is 3.60. The Hall–Kier alpha value is -1.15. The van der Waals surface area contributed by atoms with E-state index in [1.807, 2.05) is 0 Å². The maximum Gasteiger partial charge on any atom is 0.244 e. The van der Waals surface area contributed by atoms with Crippen LogP contribution >= 0.6 is 12.4 Å². The van der Waals surface area contributed by atoms with Crippen molar-refractivity contribution in [1.82, 2.24) is 4.72 Å². The number of anilines is 1. The van der Waals surface area contributed by atoms with Crippen molar-refractivity contribution in [2.45, 2.75) is 49.1 Å². The predicted octanol–water partition coefficient (Wildman–Crippen LogP) is 1.29. The summed E-state index contributed by atoms with van der Waals surface area (Å²) in [7, 11) is -3.54. The first-order valence-corrected chi connectivity index (χ1v) is 8.52. The number of benzene rings is 1. The van der Waals surface area contributed by atoms with Gasteiger partial charge in [0.25, 0.3) is 0 Å². The van der Waals surface area contributed by atoms with Crippen LogP contribution < -0.4 is 15.8 Å². The van der Waals surface area contributed by atoms with Crippen molar-refractivity contribution >= 4 is 34.0 Å². The summed E-state index contributed by atoms with van der Waals surface area (Å²) in [4.78, 5) is 12.1. The smallest absolute Gasteiger partial charge is 0.244 e. The third-order valence-corrected chi connectivity index (χ3v) is 5.54. The number of hydrogen-bond acceptors (Lipinski definition) is 4. The fourth-order valence-electron chi connectivity index (χ4n) is 2.07. The van der Waals surface area contributed by atoms with Gasteiger partial charge in [0, 0.05) is 11.7 Å². The topological polar surface area (TPSA) is 101 Å². The van der Waals surface area contributed by atoms with Gasteiger partial charge in [-0.05, 0) is 50.3 Å². The van der Waals surface area contributed by atoms with Crippen LogP contribution in [0.2, 0.25) is 0 Å². The quantitative estimate of drug-likeness (QED) is 0.748. The Morgan fingerprint density at radius 2 is 1.95 bits per heavy atom. The molecule has 4 N–H and O–H groups in total. The first-order valence-electron chi connectivity index (χ1n) is 7.03. The average Bonchev–Trinajstić information content (AvgIpc) is 3.30. The second kappa shape index (κ2) is 5.81. The highest BCUT2D eigenvalue weighted by atomic mass is 35.5. The van der Waals surface area contributed by atoms with Gasteiger partial charge < -0.3 is 11.1 Å². The highest BCUT2D eigenvalue weighted by Crippen LogP contribution is 2.33. The Morgan fingerprint density at radius 1 is 1.32 bits per heavy atom. The molecule has 0 saturated heterocycles. The van der Waals surface area contributed by atoms with Gasteiger partial charge in [0.2, 0.25) is 15.9 Å². The number of nitrogens with one attached hydrogen (secondary N) is 2. The van der Waals surface area contributed by atoms with Gasteiger partial charge >= 0.3 is 0 Å². The number of nitrogens with two attached hydrogens (primary N) is 1. The van der Waals surface area contributed by atoms with Crippen LogP contribution in [0.1, 0.15) is 31.2 Å². The molecule has 1 aromatic carbocycles. The molecule has 0 radical (unpaired) electrons. The highest BCUT2D eigenvalue weighted by molar-refractivity contribution is 7.89. The zero-order chi connectivity index (χ0) is 15.3. The molecule has 0 atom stereocenters. The lowest BCUT2D eigenvalue weighted by atomic mass is 10.2. The van der Waals surface area contributed by atoms with Crippen LogP contribution in [0.25, 0.3) is 0 Å². The molecule has 8 heteroatoms.